The number of benzene rings is 2. The van der Waals surface area contributed by atoms with Crippen LogP contribution in [0.5, 0.6) is 5.75 Å². The Labute approximate surface area is 196 Å². The number of fused-ring (bicyclic) bond motifs is 3. The maximum absolute atomic E-state index is 13.3. The van der Waals surface area contributed by atoms with Gasteiger partial charge in [0.2, 0.25) is 0 Å². The van der Waals surface area contributed by atoms with Gasteiger partial charge >= 0.3 is 5.69 Å². The summed E-state index contributed by atoms with van der Waals surface area (Å²) in [4.78, 5) is 42.2. The van der Waals surface area contributed by atoms with E-state index in [1.54, 1.807) is 59.6 Å². The summed E-state index contributed by atoms with van der Waals surface area (Å²) in [7, 11) is 3.42. The number of hydrogen-bond acceptors (Lipinski definition) is 5. The van der Waals surface area contributed by atoms with Gasteiger partial charge in [-0.05, 0) is 48.9 Å². The van der Waals surface area contributed by atoms with Crippen molar-refractivity contribution in [1.29, 1.82) is 0 Å². The molecule has 4 heterocycles. The number of aromatic nitrogens is 2. The van der Waals surface area contributed by atoms with Gasteiger partial charge in [0.05, 0.1) is 29.7 Å². The molecule has 3 aromatic rings. The summed E-state index contributed by atoms with van der Waals surface area (Å²) < 4.78 is 8.64. The van der Waals surface area contributed by atoms with Gasteiger partial charge in [-0.25, -0.2) is 4.79 Å². The molecule has 0 spiro atoms. The zero-order chi connectivity index (χ0) is 24.0. The van der Waals surface area contributed by atoms with E-state index in [1.807, 2.05) is 15.9 Å². The molecule has 1 N–H and O–H groups in total. The molecule has 3 aliphatic rings. The molecule has 1 aromatic heterocycles. The third kappa shape index (κ3) is 3.66. The van der Waals surface area contributed by atoms with Crippen molar-refractivity contribution in [3.63, 3.8) is 0 Å². The first-order chi connectivity index (χ1) is 16.4. The summed E-state index contributed by atoms with van der Waals surface area (Å²) in [6, 6.07) is 12.4. The standard InChI is InChI=1S/C25H28N4O5/c1-26-21-9-6-17(12-22(21)27(2)25(26)33)24(32)29-18-13-19(29)15-28(14-18)23(31)16-4-7-20(8-5-16)34-11-3-10-30/h4-9,12,18-19,30H,3,10-11,13-15H2,1-2H3. The van der Waals surface area contributed by atoms with E-state index in [9.17, 15) is 14.4 Å². The minimum absolute atomic E-state index is 0.00780. The number of nitrogens with zero attached hydrogens (tertiary/aromatic N) is 4. The number of carbonyl (C=O) groups is 2. The van der Waals surface area contributed by atoms with Gasteiger partial charge in [-0.3, -0.25) is 18.7 Å². The molecule has 178 valence electrons. The fourth-order valence-corrected chi connectivity index (χ4v) is 5.03. The van der Waals surface area contributed by atoms with Crippen LogP contribution in [0.2, 0.25) is 0 Å². The average Bonchev–Trinajstić information content (AvgIpc) is 3.07. The topological polar surface area (TPSA) is 97.0 Å². The number of aliphatic hydroxyl groups excluding tert-OH is 1. The molecule has 2 bridgehead atoms. The number of rotatable bonds is 6. The lowest BCUT2D eigenvalue weighted by Gasteiger charge is -2.56. The molecule has 0 saturated carbocycles. The van der Waals surface area contributed by atoms with Crippen LogP contribution in [0.15, 0.2) is 47.3 Å². The predicted molar refractivity (Wildman–Crippen MR) is 126 cm³/mol. The highest BCUT2D eigenvalue weighted by Gasteiger charge is 2.48. The van der Waals surface area contributed by atoms with E-state index < -0.39 is 0 Å². The first-order valence-corrected chi connectivity index (χ1v) is 11.5. The van der Waals surface area contributed by atoms with Crippen molar-refractivity contribution >= 4 is 22.8 Å². The van der Waals surface area contributed by atoms with Crippen LogP contribution in [0, 0.1) is 0 Å². The molecular weight excluding hydrogens is 436 g/mol. The van der Waals surface area contributed by atoms with Crippen molar-refractivity contribution in [1.82, 2.24) is 18.9 Å². The van der Waals surface area contributed by atoms with E-state index >= 15 is 0 Å². The molecule has 3 saturated heterocycles. The molecule has 3 fully saturated rings. The lowest BCUT2D eigenvalue weighted by Crippen LogP contribution is -2.70. The van der Waals surface area contributed by atoms with E-state index in [0.29, 0.717) is 43.0 Å². The van der Waals surface area contributed by atoms with Gasteiger partial charge in [0.25, 0.3) is 11.8 Å². The van der Waals surface area contributed by atoms with Crippen LogP contribution in [-0.2, 0) is 14.1 Å². The Morgan fingerprint density at radius 1 is 0.941 bits per heavy atom. The van der Waals surface area contributed by atoms with Crippen molar-refractivity contribution in [2.75, 3.05) is 26.3 Å². The second kappa shape index (κ2) is 8.64. The third-order valence-corrected chi connectivity index (χ3v) is 6.91. The molecule has 0 radical (unpaired) electrons. The highest BCUT2D eigenvalue weighted by Crippen LogP contribution is 2.34. The Morgan fingerprint density at radius 3 is 2.26 bits per heavy atom. The Kier molecular flexibility index (Phi) is 5.65. The summed E-state index contributed by atoms with van der Waals surface area (Å²) in [6.45, 7) is 1.51. The first kappa shape index (κ1) is 22.2. The number of aryl methyl sites for hydroxylation is 2. The van der Waals surface area contributed by atoms with Crippen LogP contribution in [0.1, 0.15) is 33.6 Å². The number of carbonyl (C=O) groups excluding carboxylic acids is 2. The fraction of sp³-hybridized carbons (Fsp3) is 0.400. The fourth-order valence-electron chi connectivity index (χ4n) is 5.03. The third-order valence-electron chi connectivity index (χ3n) is 6.91. The molecule has 2 atom stereocenters. The van der Waals surface area contributed by atoms with Crippen LogP contribution in [0.3, 0.4) is 0 Å². The minimum atomic E-state index is -0.126. The lowest BCUT2D eigenvalue weighted by molar-refractivity contribution is -0.0397. The second-order valence-electron chi connectivity index (χ2n) is 9.02. The summed E-state index contributed by atoms with van der Waals surface area (Å²) in [6.07, 6.45) is 1.45. The molecule has 0 aliphatic carbocycles. The van der Waals surface area contributed by atoms with E-state index in [4.69, 9.17) is 9.84 Å². The van der Waals surface area contributed by atoms with Crippen LogP contribution < -0.4 is 10.4 Å². The molecule has 9 heteroatoms. The smallest absolute Gasteiger partial charge is 0.328 e. The van der Waals surface area contributed by atoms with Crippen molar-refractivity contribution in [3.05, 3.63) is 64.1 Å². The number of amides is 2. The van der Waals surface area contributed by atoms with Crippen LogP contribution >= 0.6 is 0 Å². The van der Waals surface area contributed by atoms with Gasteiger partial charge in [-0.15, -0.1) is 0 Å². The highest BCUT2D eigenvalue weighted by atomic mass is 16.5. The van der Waals surface area contributed by atoms with Gasteiger partial charge in [-0.2, -0.15) is 0 Å². The highest BCUT2D eigenvalue weighted by molar-refractivity contribution is 5.99. The molecular formula is C25H28N4O5. The largest absolute Gasteiger partial charge is 0.494 e. The number of aliphatic hydroxyl groups is 1. The average molecular weight is 465 g/mol. The molecule has 6 rings (SSSR count). The summed E-state index contributed by atoms with van der Waals surface area (Å²) >= 11 is 0. The number of ether oxygens (including phenoxy) is 1. The Morgan fingerprint density at radius 2 is 1.59 bits per heavy atom. The molecule has 2 amide bonds. The van der Waals surface area contributed by atoms with Gasteiger partial charge < -0.3 is 19.6 Å². The lowest BCUT2D eigenvalue weighted by atomic mass is 9.86. The van der Waals surface area contributed by atoms with E-state index in [0.717, 1.165) is 17.5 Å². The number of imidazole rings is 1. The monoisotopic (exact) mass is 464 g/mol. The zero-order valence-corrected chi connectivity index (χ0v) is 19.3. The number of hydrogen-bond donors (Lipinski definition) is 1. The Hall–Kier alpha value is -3.59. The second-order valence-corrected chi connectivity index (χ2v) is 9.02. The van der Waals surface area contributed by atoms with E-state index in [1.165, 1.54) is 0 Å². The number of piperazine rings is 1. The van der Waals surface area contributed by atoms with Gasteiger partial charge in [-0.1, -0.05) is 0 Å². The maximum Gasteiger partial charge on any atom is 0.328 e. The first-order valence-electron chi connectivity index (χ1n) is 11.5. The summed E-state index contributed by atoms with van der Waals surface area (Å²) in [5.74, 6) is 0.552. The van der Waals surface area contributed by atoms with Gasteiger partial charge in [0.1, 0.15) is 5.75 Å². The Balaban J connectivity index is 1.26. The molecule has 2 unspecified atom stereocenters. The van der Waals surface area contributed by atoms with Crippen molar-refractivity contribution in [3.8, 4) is 5.75 Å². The normalized spacial score (nSPS) is 19.3. The number of piperidine rings is 1. The SMILES string of the molecule is Cn1c(=O)n(C)c2cc(C(=O)N3C4CC3CN(C(=O)c3ccc(OCCCO)cc3)C4)ccc21. The van der Waals surface area contributed by atoms with Crippen molar-refractivity contribution in [2.24, 2.45) is 14.1 Å². The predicted octanol–water partition coefficient (Wildman–Crippen LogP) is 1.38. The molecule has 9 nitrogen and oxygen atoms in total. The van der Waals surface area contributed by atoms with E-state index in [2.05, 4.69) is 0 Å². The molecule has 3 aliphatic heterocycles. The summed E-state index contributed by atoms with van der Waals surface area (Å²) in [5.41, 5.74) is 2.53. The van der Waals surface area contributed by atoms with Crippen LogP contribution in [-0.4, -0.2) is 74.2 Å². The Bertz CT molecular complexity index is 1300. The minimum Gasteiger partial charge on any atom is -0.494 e. The van der Waals surface area contributed by atoms with Crippen molar-refractivity contribution in [2.45, 2.75) is 24.9 Å². The van der Waals surface area contributed by atoms with Gasteiger partial charge in [0.15, 0.2) is 0 Å². The zero-order valence-electron chi connectivity index (χ0n) is 19.3. The quantitative estimate of drug-likeness (QED) is 0.556. The van der Waals surface area contributed by atoms with Crippen LogP contribution in [0.4, 0.5) is 0 Å². The molecule has 34 heavy (non-hydrogen) atoms. The van der Waals surface area contributed by atoms with E-state index in [-0.39, 0.29) is 36.2 Å². The maximum atomic E-state index is 13.3. The van der Waals surface area contributed by atoms with Crippen molar-refractivity contribution < 1.29 is 19.4 Å². The van der Waals surface area contributed by atoms with Crippen LogP contribution in [0.25, 0.3) is 11.0 Å². The summed E-state index contributed by atoms with van der Waals surface area (Å²) in [5, 5.41) is 8.84. The molecule has 2 aromatic carbocycles. The van der Waals surface area contributed by atoms with Gasteiger partial charge in [0, 0.05) is 51.3 Å².